The van der Waals surface area contributed by atoms with E-state index in [1.165, 1.54) is 12.5 Å². The fraction of sp³-hybridized carbons (Fsp3) is 0.296. The van der Waals surface area contributed by atoms with Gasteiger partial charge in [-0.05, 0) is 36.6 Å². The van der Waals surface area contributed by atoms with Crippen LogP contribution in [0.1, 0.15) is 28.4 Å². The maximum atomic E-state index is 13.6. The molecule has 1 fully saturated rings. The molecule has 0 saturated carbocycles. The van der Waals surface area contributed by atoms with Crippen molar-refractivity contribution in [1.82, 2.24) is 20.6 Å². The van der Waals surface area contributed by atoms with E-state index in [0.29, 0.717) is 12.4 Å². The molecule has 1 saturated heterocycles. The molecule has 4 N–H and O–H groups in total. The predicted octanol–water partition coefficient (Wildman–Crippen LogP) is 1.49. The molecule has 0 aliphatic carbocycles. The van der Waals surface area contributed by atoms with Crippen molar-refractivity contribution in [2.24, 2.45) is 0 Å². The summed E-state index contributed by atoms with van der Waals surface area (Å²) in [7, 11) is 1.56. The van der Waals surface area contributed by atoms with Crippen LogP contribution in [0.4, 0.5) is 5.82 Å². The number of ketones is 1. The molecule has 0 radical (unpaired) electrons. The number of methoxy groups -OCH3 is 1. The lowest BCUT2D eigenvalue weighted by atomic mass is 9.94. The molecule has 0 unspecified atom stereocenters. The standard InChI is InChI=1S/C27H29N5O5/c1-27(15-37-27)23(33)21(12-17-6-4-3-5-7-17)31-26(35)22(13-18-8-10-19(36-2)11-9-18)32-25(34)20-14-29-16-30-24(20)28/h3-11,14,16,21-22H,12-13,15H2,1-2H3,(H,31,35)(H,32,34)(H2,28,29,30)/t21-,22-,27+/m0/s1. The third kappa shape index (κ3) is 6.47. The first-order valence-corrected chi connectivity index (χ1v) is 11.8. The number of amides is 2. The number of anilines is 1. The van der Waals surface area contributed by atoms with Crippen LogP contribution < -0.4 is 21.1 Å². The Morgan fingerprint density at radius 3 is 2.30 bits per heavy atom. The lowest BCUT2D eigenvalue weighted by Gasteiger charge is -2.24. The Labute approximate surface area is 214 Å². The summed E-state index contributed by atoms with van der Waals surface area (Å²) in [6.07, 6.45) is 2.96. The van der Waals surface area contributed by atoms with Gasteiger partial charge in [0.15, 0.2) is 5.78 Å². The summed E-state index contributed by atoms with van der Waals surface area (Å²) in [5, 5.41) is 5.58. The molecule has 1 aliphatic heterocycles. The summed E-state index contributed by atoms with van der Waals surface area (Å²) in [6.45, 7) is 2.00. The van der Waals surface area contributed by atoms with Gasteiger partial charge >= 0.3 is 0 Å². The van der Waals surface area contributed by atoms with Crippen LogP contribution in [0.15, 0.2) is 67.1 Å². The molecule has 1 aromatic heterocycles. The quantitative estimate of drug-likeness (QED) is 0.333. The lowest BCUT2D eigenvalue weighted by molar-refractivity contribution is -0.131. The molecule has 37 heavy (non-hydrogen) atoms. The van der Waals surface area contributed by atoms with Crippen LogP contribution in [0.2, 0.25) is 0 Å². The van der Waals surface area contributed by atoms with Gasteiger partial charge in [-0.15, -0.1) is 0 Å². The predicted molar refractivity (Wildman–Crippen MR) is 136 cm³/mol. The van der Waals surface area contributed by atoms with Gasteiger partial charge in [-0.2, -0.15) is 0 Å². The Morgan fingerprint density at radius 2 is 1.68 bits per heavy atom. The van der Waals surface area contributed by atoms with Gasteiger partial charge in [0.2, 0.25) is 5.91 Å². The lowest BCUT2D eigenvalue weighted by Crippen LogP contribution is -2.55. The SMILES string of the molecule is COc1ccc(C[C@H](NC(=O)c2cncnc2N)C(=O)N[C@@H](Cc2ccccc2)C(=O)[C@@]2(C)CO2)cc1. The van der Waals surface area contributed by atoms with E-state index in [1.54, 1.807) is 38.3 Å². The van der Waals surface area contributed by atoms with Crippen LogP contribution in [0.3, 0.4) is 0 Å². The number of nitrogens with two attached hydrogens (primary N) is 1. The highest BCUT2D eigenvalue weighted by molar-refractivity contribution is 6.02. The minimum absolute atomic E-state index is 0.00737. The largest absolute Gasteiger partial charge is 0.497 e. The maximum Gasteiger partial charge on any atom is 0.257 e. The van der Waals surface area contributed by atoms with Gasteiger partial charge in [0, 0.05) is 12.6 Å². The molecule has 2 heterocycles. The minimum atomic E-state index is -1.01. The van der Waals surface area contributed by atoms with E-state index in [4.69, 9.17) is 15.2 Å². The number of nitrogens with zero attached hydrogens (tertiary/aromatic N) is 2. The van der Waals surface area contributed by atoms with Crippen LogP contribution in [0.25, 0.3) is 0 Å². The number of Topliss-reactive ketones (excluding diaryl/α,β-unsaturated/α-hetero) is 1. The number of aromatic nitrogens is 2. The fourth-order valence-corrected chi connectivity index (χ4v) is 3.91. The molecule has 3 aromatic rings. The molecule has 1 aliphatic rings. The number of carbonyl (C=O) groups is 3. The number of hydrogen-bond donors (Lipinski definition) is 3. The molecule has 192 valence electrons. The first kappa shape index (κ1) is 25.8. The molecule has 3 atom stereocenters. The fourth-order valence-electron chi connectivity index (χ4n) is 3.91. The van der Waals surface area contributed by atoms with Crippen LogP contribution >= 0.6 is 0 Å². The van der Waals surface area contributed by atoms with Gasteiger partial charge in [0.25, 0.3) is 5.91 Å². The summed E-state index contributed by atoms with van der Waals surface area (Å²) < 4.78 is 10.6. The monoisotopic (exact) mass is 503 g/mol. The van der Waals surface area contributed by atoms with Gasteiger partial charge < -0.3 is 25.8 Å². The highest BCUT2D eigenvalue weighted by atomic mass is 16.6. The third-order valence-corrected chi connectivity index (χ3v) is 6.22. The zero-order chi connectivity index (χ0) is 26.4. The van der Waals surface area contributed by atoms with Gasteiger partial charge in [0.05, 0.1) is 25.3 Å². The number of carbonyl (C=O) groups excluding carboxylic acids is 3. The highest BCUT2D eigenvalue weighted by Gasteiger charge is 2.50. The smallest absolute Gasteiger partial charge is 0.257 e. The number of rotatable bonds is 11. The molecule has 2 amide bonds. The number of hydrogen-bond acceptors (Lipinski definition) is 8. The van der Waals surface area contributed by atoms with Crippen molar-refractivity contribution in [2.45, 2.75) is 37.5 Å². The Bertz CT molecular complexity index is 1260. The summed E-state index contributed by atoms with van der Waals surface area (Å²) >= 11 is 0. The second-order valence-corrected chi connectivity index (χ2v) is 9.03. The van der Waals surface area contributed by atoms with Gasteiger partial charge in [-0.25, -0.2) is 9.97 Å². The van der Waals surface area contributed by atoms with Crippen molar-refractivity contribution in [3.8, 4) is 5.75 Å². The zero-order valence-electron chi connectivity index (χ0n) is 20.6. The van der Waals surface area contributed by atoms with E-state index in [0.717, 1.165) is 11.1 Å². The Balaban J connectivity index is 1.57. The Morgan fingerprint density at radius 1 is 1.03 bits per heavy atom. The van der Waals surface area contributed by atoms with E-state index >= 15 is 0 Å². The number of nitrogen functional groups attached to an aromatic ring is 1. The van der Waals surface area contributed by atoms with Gasteiger partial charge in [-0.3, -0.25) is 14.4 Å². The van der Waals surface area contributed by atoms with Crippen molar-refractivity contribution in [3.63, 3.8) is 0 Å². The Kier molecular flexibility index (Phi) is 7.78. The topological polar surface area (TPSA) is 149 Å². The number of epoxide rings is 1. The maximum absolute atomic E-state index is 13.6. The zero-order valence-corrected chi connectivity index (χ0v) is 20.6. The van der Waals surface area contributed by atoms with E-state index in [1.807, 2.05) is 30.3 Å². The molecule has 2 aromatic carbocycles. The number of nitrogens with one attached hydrogen (secondary N) is 2. The van der Waals surface area contributed by atoms with Crippen molar-refractivity contribution in [3.05, 3.63) is 83.8 Å². The van der Waals surface area contributed by atoms with E-state index < -0.39 is 29.5 Å². The minimum Gasteiger partial charge on any atom is -0.497 e. The molecule has 10 nitrogen and oxygen atoms in total. The summed E-state index contributed by atoms with van der Waals surface area (Å²) in [5.41, 5.74) is 6.61. The van der Waals surface area contributed by atoms with Crippen molar-refractivity contribution >= 4 is 23.4 Å². The first-order chi connectivity index (χ1) is 17.8. The van der Waals surface area contributed by atoms with Gasteiger partial charge in [-0.1, -0.05) is 42.5 Å². The third-order valence-electron chi connectivity index (χ3n) is 6.22. The van der Waals surface area contributed by atoms with E-state index in [2.05, 4.69) is 20.6 Å². The molecule has 10 heteroatoms. The van der Waals surface area contributed by atoms with Gasteiger partial charge in [0.1, 0.15) is 29.5 Å². The number of ether oxygens (including phenoxy) is 2. The van der Waals surface area contributed by atoms with Crippen LogP contribution in [0, 0.1) is 0 Å². The normalized spacial score (nSPS) is 17.8. The molecule has 0 spiro atoms. The first-order valence-electron chi connectivity index (χ1n) is 11.8. The molecule has 0 bridgehead atoms. The summed E-state index contributed by atoms with van der Waals surface area (Å²) in [5.74, 6) is -0.686. The number of benzene rings is 2. The van der Waals surface area contributed by atoms with Crippen molar-refractivity contribution in [2.75, 3.05) is 19.5 Å². The second-order valence-electron chi connectivity index (χ2n) is 9.03. The second kappa shape index (κ2) is 11.2. The van der Waals surface area contributed by atoms with Crippen molar-refractivity contribution < 1.29 is 23.9 Å². The summed E-state index contributed by atoms with van der Waals surface area (Å²) in [4.78, 5) is 47.5. The summed E-state index contributed by atoms with van der Waals surface area (Å²) in [6, 6.07) is 14.7. The molecular formula is C27H29N5O5. The molecular weight excluding hydrogens is 474 g/mol. The highest BCUT2D eigenvalue weighted by Crippen LogP contribution is 2.29. The van der Waals surface area contributed by atoms with Crippen molar-refractivity contribution in [1.29, 1.82) is 0 Å². The average Bonchev–Trinajstić information content (AvgIpc) is 3.67. The van der Waals surface area contributed by atoms with Crippen LogP contribution in [0.5, 0.6) is 5.75 Å². The average molecular weight is 504 g/mol. The molecule has 4 rings (SSSR count). The van der Waals surface area contributed by atoms with Crippen LogP contribution in [-0.4, -0.2) is 59.0 Å². The van der Waals surface area contributed by atoms with E-state index in [9.17, 15) is 14.4 Å². The Hall–Kier alpha value is -4.31. The van der Waals surface area contributed by atoms with E-state index in [-0.39, 0.29) is 30.0 Å². The van der Waals surface area contributed by atoms with Crippen LogP contribution in [-0.2, 0) is 27.2 Å².